The predicted molar refractivity (Wildman–Crippen MR) is 66.1 cm³/mol. The summed E-state index contributed by atoms with van der Waals surface area (Å²) in [6.07, 6.45) is 1.78. The van der Waals surface area contributed by atoms with Crippen molar-refractivity contribution in [1.29, 1.82) is 0 Å². The fraction of sp³-hybridized carbons (Fsp3) is 0.333. The molecule has 0 radical (unpaired) electrons. The normalized spacial score (nSPS) is 10.7. The van der Waals surface area contributed by atoms with E-state index >= 15 is 0 Å². The van der Waals surface area contributed by atoms with E-state index in [1.807, 2.05) is 6.07 Å². The molecule has 0 N–H and O–H groups in total. The molecule has 0 saturated carbocycles. The number of tetrazole rings is 1. The summed E-state index contributed by atoms with van der Waals surface area (Å²) in [5, 5.41) is 11.6. The van der Waals surface area contributed by atoms with Crippen LogP contribution in [0.15, 0.2) is 17.1 Å². The van der Waals surface area contributed by atoms with Gasteiger partial charge in [-0.2, -0.15) is 4.80 Å². The van der Waals surface area contributed by atoms with Crippen molar-refractivity contribution in [3.63, 3.8) is 0 Å². The Hall–Kier alpha value is -1.25. The van der Waals surface area contributed by atoms with E-state index in [-0.39, 0.29) is 5.56 Å². The number of hydrogen-bond acceptors (Lipinski definition) is 4. The predicted octanol–water partition coefficient (Wildman–Crippen LogP) is 0.333. The van der Waals surface area contributed by atoms with Crippen molar-refractivity contribution in [3.05, 3.63) is 37.6 Å². The van der Waals surface area contributed by atoms with Gasteiger partial charge >= 0.3 is 0 Å². The first kappa shape index (κ1) is 11.2. The van der Waals surface area contributed by atoms with Gasteiger partial charge in [-0.25, -0.2) is 0 Å². The SMILES string of the molecule is Cc1cc(I)cn(Cc2nnn(C)n2)c1=O. The summed E-state index contributed by atoms with van der Waals surface area (Å²) >= 11 is 2.17. The second-order valence-corrected chi connectivity index (χ2v) is 4.72. The molecule has 0 fully saturated rings. The number of hydrogen-bond donors (Lipinski definition) is 0. The zero-order valence-electron chi connectivity index (χ0n) is 8.88. The molecule has 2 rings (SSSR count). The molecule has 0 aliphatic heterocycles. The van der Waals surface area contributed by atoms with Crippen molar-refractivity contribution >= 4 is 22.6 Å². The van der Waals surface area contributed by atoms with Crippen molar-refractivity contribution in [3.8, 4) is 0 Å². The minimum absolute atomic E-state index is 0.0205. The fourth-order valence-electron chi connectivity index (χ4n) is 1.40. The van der Waals surface area contributed by atoms with Crippen LogP contribution in [-0.4, -0.2) is 24.8 Å². The number of nitrogens with zero attached hydrogens (tertiary/aromatic N) is 5. The standard InChI is InChI=1S/C9H10IN5O/c1-6-3-7(10)4-15(9(6)16)5-8-11-13-14(2)12-8/h3-4H,5H2,1-2H3. The van der Waals surface area contributed by atoms with Gasteiger partial charge in [0.05, 0.1) is 13.6 Å². The van der Waals surface area contributed by atoms with Crippen LogP contribution < -0.4 is 5.56 Å². The van der Waals surface area contributed by atoms with Crippen molar-refractivity contribution in [1.82, 2.24) is 24.8 Å². The van der Waals surface area contributed by atoms with Crippen LogP contribution in [0.1, 0.15) is 11.4 Å². The first-order valence-electron chi connectivity index (χ1n) is 4.66. The minimum Gasteiger partial charge on any atom is -0.306 e. The molecule has 84 valence electrons. The minimum atomic E-state index is -0.0205. The van der Waals surface area contributed by atoms with Crippen LogP contribution in [0.3, 0.4) is 0 Å². The maximum Gasteiger partial charge on any atom is 0.253 e. The van der Waals surface area contributed by atoms with Gasteiger partial charge in [0.25, 0.3) is 5.56 Å². The molecule has 0 aliphatic rings. The summed E-state index contributed by atoms with van der Waals surface area (Å²) in [6.45, 7) is 2.15. The molecular formula is C9H10IN5O. The summed E-state index contributed by atoms with van der Waals surface area (Å²) in [5.41, 5.74) is 0.698. The fourth-order valence-corrected chi connectivity index (χ4v) is 2.20. The lowest BCUT2D eigenvalue weighted by molar-refractivity contribution is 0.623. The van der Waals surface area contributed by atoms with Gasteiger partial charge in [-0.1, -0.05) is 0 Å². The molecule has 0 spiro atoms. The molecule has 0 saturated heterocycles. The second-order valence-electron chi connectivity index (χ2n) is 3.47. The molecule has 0 atom stereocenters. The monoisotopic (exact) mass is 331 g/mol. The van der Waals surface area contributed by atoms with E-state index in [9.17, 15) is 4.79 Å². The Kier molecular flexibility index (Phi) is 3.03. The van der Waals surface area contributed by atoms with Crippen LogP contribution in [0.2, 0.25) is 0 Å². The van der Waals surface area contributed by atoms with Crippen molar-refractivity contribution in [2.45, 2.75) is 13.5 Å². The smallest absolute Gasteiger partial charge is 0.253 e. The average Bonchev–Trinajstić information content (AvgIpc) is 2.60. The Morgan fingerprint density at radius 2 is 2.25 bits per heavy atom. The van der Waals surface area contributed by atoms with Gasteiger partial charge in [0, 0.05) is 15.3 Å². The molecule has 0 amide bonds. The molecule has 2 heterocycles. The average molecular weight is 331 g/mol. The van der Waals surface area contributed by atoms with Gasteiger partial charge in [0.2, 0.25) is 0 Å². The summed E-state index contributed by atoms with van der Waals surface area (Å²) in [6, 6.07) is 1.85. The molecule has 16 heavy (non-hydrogen) atoms. The molecule has 0 aromatic carbocycles. The van der Waals surface area contributed by atoms with E-state index in [4.69, 9.17) is 0 Å². The Labute approximate surface area is 105 Å². The van der Waals surface area contributed by atoms with E-state index < -0.39 is 0 Å². The van der Waals surface area contributed by atoms with E-state index in [0.717, 1.165) is 9.13 Å². The highest BCUT2D eigenvalue weighted by Gasteiger charge is 2.06. The highest BCUT2D eigenvalue weighted by Crippen LogP contribution is 2.04. The van der Waals surface area contributed by atoms with E-state index in [1.165, 1.54) is 4.80 Å². The molecule has 0 bridgehead atoms. The van der Waals surface area contributed by atoms with Crippen LogP contribution in [0, 0.1) is 10.5 Å². The molecule has 6 nitrogen and oxygen atoms in total. The van der Waals surface area contributed by atoms with E-state index in [0.29, 0.717) is 12.4 Å². The summed E-state index contributed by atoms with van der Waals surface area (Å²) < 4.78 is 2.60. The Morgan fingerprint density at radius 3 is 2.88 bits per heavy atom. The third kappa shape index (κ3) is 2.29. The molecular weight excluding hydrogens is 321 g/mol. The first-order chi connectivity index (χ1) is 7.56. The van der Waals surface area contributed by atoms with E-state index in [1.54, 1.807) is 24.7 Å². The van der Waals surface area contributed by atoms with Crippen molar-refractivity contribution < 1.29 is 0 Å². The van der Waals surface area contributed by atoms with Gasteiger partial charge in [0.15, 0.2) is 5.82 Å². The molecule has 2 aromatic heterocycles. The Balaban J connectivity index is 2.38. The van der Waals surface area contributed by atoms with Gasteiger partial charge in [0.1, 0.15) is 0 Å². The second kappa shape index (κ2) is 4.32. The molecule has 0 unspecified atom stereocenters. The largest absolute Gasteiger partial charge is 0.306 e. The van der Waals surface area contributed by atoms with Gasteiger partial charge in [-0.3, -0.25) is 4.79 Å². The van der Waals surface area contributed by atoms with Gasteiger partial charge in [-0.15, -0.1) is 10.2 Å². The van der Waals surface area contributed by atoms with Crippen molar-refractivity contribution in [2.24, 2.45) is 7.05 Å². The van der Waals surface area contributed by atoms with Gasteiger partial charge < -0.3 is 4.57 Å². The van der Waals surface area contributed by atoms with Crippen LogP contribution in [0.4, 0.5) is 0 Å². The lowest BCUT2D eigenvalue weighted by Gasteiger charge is -2.04. The van der Waals surface area contributed by atoms with Crippen LogP contribution >= 0.6 is 22.6 Å². The summed E-state index contributed by atoms with van der Waals surface area (Å²) in [4.78, 5) is 13.2. The molecule has 0 aliphatic carbocycles. The topological polar surface area (TPSA) is 65.6 Å². The molecule has 7 heteroatoms. The highest BCUT2D eigenvalue weighted by atomic mass is 127. The van der Waals surface area contributed by atoms with Crippen LogP contribution in [-0.2, 0) is 13.6 Å². The Bertz CT molecular complexity index is 574. The zero-order valence-corrected chi connectivity index (χ0v) is 11.0. The maximum atomic E-state index is 11.8. The number of pyridine rings is 1. The number of aromatic nitrogens is 5. The third-order valence-corrected chi connectivity index (χ3v) is 2.68. The number of aryl methyl sites for hydroxylation is 2. The summed E-state index contributed by atoms with van der Waals surface area (Å²) in [7, 11) is 1.69. The Morgan fingerprint density at radius 1 is 1.50 bits per heavy atom. The highest BCUT2D eigenvalue weighted by molar-refractivity contribution is 14.1. The van der Waals surface area contributed by atoms with E-state index in [2.05, 4.69) is 38.0 Å². The van der Waals surface area contributed by atoms with Gasteiger partial charge in [-0.05, 0) is 40.8 Å². The quantitative estimate of drug-likeness (QED) is 0.744. The lowest BCUT2D eigenvalue weighted by Crippen LogP contribution is -2.23. The summed E-state index contributed by atoms with van der Waals surface area (Å²) in [5.74, 6) is 0.533. The number of halogens is 1. The maximum absolute atomic E-state index is 11.8. The third-order valence-electron chi connectivity index (χ3n) is 2.09. The molecule has 2 aromatic rings. The van der Waals surface area contributed by atoms with Crippen molar-refractivity contribution in [2.75, 3.05) is 0 Å². The number of rotatable bonds is 2. The zero-order chi connectivity index (χ0) is 11.7. The van der Waals surface area contributed by atoms with Crippen LogP contribution in [0.25, 0.3) is 0 Å². The van der Waals surface area contributed by atoms with Crippen LogP contribution in [0.5, 0.6) is 0 Å². The first-order valence-corrected chi connectivity index (χ1v) is 5.73. The lowest BCUT2D eigenvalue weighted by atomic mass is 10.3.